The van der Waals surface area contributed by atoms with Gasteiger partial charge in [-0.2, -0.15) is 0 Å². The molecule has 8 heteroatoms. The molecular formula is C18H17ClFN5O. The van der Waals surface area contributed by atoms with Crippen LogP contribution in [0, 0.1) is 12.7 Å². The standard InChI is InChI=1S/C18H17ClFN5O/c1-10-21-9-12(19)16(22-10)18(26)25-7-3-2-4-15(25)17-23-13-6-5-11(20)8-14(13)24-17/h5-6,8-9,15H,2-4,7H2,1H3,(H,23,24)/t15-/m0/s1. The van der Waals surface area contributed by atoms with Crippen LogP contribution in [-0.4, -0.2) is 37.3 Å². The summed E-state index contributed by atoms with van der Waals surface area (Å²) in [7, 11) is 0. The van der Waals surface area contributed by atoms with Crippen LogP contribution in [-0.2, 0) is 0 Å². The Balaban J connectivity index is 1.71. The average molecular weight is 374 g/mol. The fraction of sp³-hybridized carbons (Fsp3) is 0.333. The largest absolute Gasteiger partial charge is 0.340 e. The number of nitrogens with one attached hydrogen (secondary N) is 1. The second-order valence-corrected chi connectivity index (χ2v) is 6.81. The van der Waals surface area contributed by atoms with Crippen molar-refractivity contribution in [2.75, 3.05) is 6.54 Å². The molecule has 1 aliphatic heterocycles. The molecule has 0 saturated carbocycles. The topological polar surface area (TPSA) is 74.8 Å². The lowest BCUT2D eigenvalue weighted by Crippen LogP contribution is -2.39. The number of carbonyl (C=O) groups excluding carboxylic acids is 1. The van der Waals surface area contributed by atoms with Gasteiger partial charge < -0.3 is 9.88 Å². The number of aromatic nitrogens is 4. The number of aryl methyl sites for hydroxylation is 1. The first kappa shape index (κ1) is 16.9. The van der Waals surface area contributed by atoms with Crippen LogP contribution in [0.3, 0.4) is 0 Å². The highest BCUT2D eigenvalue weighted by Gasteiger charge is 2.32. The van der Waals surface area contributed by atoms with E-state index in [2.05, 4.69) is 19.9 Å². The number of rotatable bonds is 2. The maximum Gasteiger partial charge on any atom is 0.274 e. The molecule has 0 unspecified atom stereocenters. The van der Waals surface area contributed by atoms with E-state index < -0.39 is 0 Å². The number of likely N-dealkylation sites (tertiary alicyclic amines) is 1. The molecule has 1 fully saturated rings. The number of imidazole rings is 1. The van der Waals surface area contributed by atoms with E-state index in [0.717, 1.165) is 19.3 Å². The number of fused-ring (bicyclic) bond motifs is 1. The molecule has 1 amide bonds. The van der Waals surface area contributed by atoms with Gasteiger partial charge in [0.25, 0.3) is 5.91 Å². The maximum atomic E-state index is 13.5. The molecule has 26 heavy (non-hydrogen) atoms. The summed E-state index contributed by atoms with van der Waals surface area (Å²) in [4.78, 5) is 30.8. The fourth-order valence-corrected chi connectivity index (χ4v) is 3.53. The molecule has 4 rings (SSSR count). The molecule has 0 bridgehead atoms. The van der Waals surface area contributed by atoms with E-state index in [-0.39, 0.29) is 28.5 Å². The normalized spacial score (nSPS) is 17.7. The Morgan fingerprint density at radius 3 is 3.04 bits per heavy atom. The lowest BCUT2D eigenvalue weighted by molar-refractivity contribution is 0.0595. The van der Waals surface area contributed by atoms with Crippen molar-refractivity contribution < 1.29 is 9.18 Å². The molecule has 134 valence electrons. The Morgan fingerprint density at radius 1 is 1.35 bits per heavy atom. The van der Waals surface area contributed by atoms with Gasteiger partial charge >= 0.3 is 0 Å². The second kappa shape index (κ2) is 6.64. The third kappa shape index (κ3) is 3.03. The summed E-state index contributed by atoms with van der Waals surface area (Å²) in [6, 6.07) is 4.19. The molecule has 1 saturated heterocycles. The molecule has 1 aromatic carbocycles. The van der Waals surface area contributed by atoms with Crippen LogP contribution in [0.25, 0.3) is 11.0 Å². The zero-order chi connectivity index (χ0) is 18.3. The fourth-order valence-electron chi connectivity index (χ4n) is 3.36. The van der Waals surface area contributed by atoms with Crippen molar-refractivity contribution in [2.24, 2.45) is 0 Å². The molecule has 1 N–H and O–H groups in total. The molecule has 0 aliphatic carbocycles. The van der Waals surface area contributed by atoms with Crippen LogP contribution in [0.15, 0.2) is 24.4 Å². The van der Waals surface area contributed by atoms with Gasteiger partial charge in [0.2, 0.25) is 0 Å². The third-order valence-corrected chi connectivity index (χ3v) is 4.89. The lowest BCUT2D eigenvalue weighted by Gasteiger charge is -2.34. The van der Waals surface area contributed by atoms with Crippen molar-refractivity contribution >= 4 is 28.5 Å². The summed E-state index contributed by atoms with van der Waals surface area (Å²) in [5.41, 5.74) is 1.50. The minimum absolute atomic E-state index is 0.202. The molecule has 2 aromatic heterocycles. The zero-order valence-corrected chi connectivity index (χ0v) is 14.9. The van der Waals surface area contributed by atoms with Gasteiger partial charge in [-0.1, -0.05) is 11.6 Å². The van der Waals surface area contributed by atoms with E-state index in [4.69, 9.17) is 11.6 Å². The van der Waals surface area contributed by atoms with E-state index in [1.54, 1.807) is 17.9 Å². The molecule has 0 radical (unpaired) electrons. The van der Waals surface area contributed by atoms with Gasteiger partial charge in [0.15, 0.2) is 5.69 Å². The highest BCUT2D eigenvalue weighted by atomic mass is 35.5. The number of aromatic amines is 1. The number of nitrogens with zero attached hydrogens (tertiary/aromatic N) is 4. The van der Waals surface area contributed by atoms with E-state index in [1.165, 1.54) is 18.3 Å². The predicted octanol–water partition coefficient (Wildman–Crippen LogP) is 3.82. The van der Waals surface area contributed by atoms with Gasteiger partial charge in [0.05, 0.1) is 28.3 Å². The van der Waals surface area contributed by atoms with Gasteiger partial charge in [-0.25, -0.2) is 19.3 Å². The molecule has 3 heterocycles. The highest BCUT2D eigenvalue weighted by molar-refractivity contribution is 6.33. The summed E-state index contributed by atoms with van der Waals surface area (Å²) in [5.74, 6) is 0.579. The Hall–Kier alpha value is -2.54. The van der Waals surface area contributed by atoms with Crippen LogP contribution < -0.4 is 0 Å². The van der Waals surface area contributed by atoms with E-state index >= 15 is 0 Å². The Morgan fingerprint density at radius 2 is 2.19 bits per heavy atom. The van der Waals surface area contributed by atoms with Gasteiger partial charge in [0, 0.05) is 6.54 Å². The van der Waals surface area contributed by atoms with Crippen molar-refractivity contribution in [3.63, 3.8) is 0 Å². The minimum atomic E-state index is -0.326. The third-order valence-electron chi connectivity index (χ3n) is 4.61. The number of carbonyl (C=O) groups is 1. The monoisotopic (exact) mass is 373 g/mol. The maximum absolute atomic E-state index is 13.5. The van der Waals surface area contributed by atoms with Crippen LogP contribution >= 0.6 is 11.6 Å². The molecule has 1 atom stereocenters. The van der Waals surface area contributed by atoms with Gasteiger partial charge in [0.1, 0.15) is 17.5 Å². The molecule has 1 aliphatic rings. The van der Waals surface area contributed by atoms with E-state index in [9.17, 15) is 9.18 Å². The molecular weight excluding hydrogens is 357 g/mol. The molecule has 6 nitrogen and oxygen atoms in total. The number of H-pyrrole nitrogens is 1. The van der Waals surface area contributed by atoms with Crippen LogP contribution in [0.1, 0.15) is 47.4 Å². The number of benzene rings is 1. The first-order valence-electron chi connectivity index (χ1n) is 8.48. The second-order valence-electron chi connectivity index (χ2n) is 6.41. The number of piperidine rings is 1. The van der Waals surface area contributed by atoms with Crippen molar-refractivity contribution in [1.29, 1.82) is 0 Å². The van der Waals surface area contributed by atoms with Crippen LogP contribution in [0.2, 0.25) is 5.02 Å². The van der Waals surface area contributed by atoms with Gasteiger partial charge in [-0.05, 0) is 44.4 Å². The van der Waals surface area contributed by atoms with Crippen LogP contribution in [0.5, 0.6) is 0 Å². The van der Waals surface area contributed by atoms with Crippen molar-refractivity contribution in [1.82, 2.24) is 24.8 Å². The molecule has 3 aromatic rings. The lowest BCUT2D eigenvalue weighted by atomic mass is 10.0. The highest BCUT2D eigenvalue weighted by Crippen LogP contribution is 2.32. The number of halogens is 2. The van der Waals surface area contributed by atoms with Crippen LogP contribution in [0.4, 0.5) is 4.39 Å². The summed E-state index contributed by atoms with van der Waals surface area (Å²) < 4.78 is 13.5. The first-order valence-corrected chi connectivity index (χ1v) is 8.86. The Bertz CT molecular complexity index is 989. The van der Waals surface area contributed by atoms with Gasteiger partial charge in [-0.15, -0.1) is 0 Å². The predicted molar refractivity (Wildman–Crippen MR) is 95.5 cm³/mol. The number of hydrogen-bond donors (Lipinski definition) is 1. The summed E-state index contributed by atoms with van der Waals surface area (Å²) >= 11 is 6.15. The number of amides is 1. The average Bonchev–Trinajstić information content (AvgIpc) is 3.06. The SMILES string of the molecule is Cc1ncc(Cl)c(C(=O)N2CCCC[C@H]2c2nc3ccc(F)cc3[nH]2)n1. The smallest absolute Gasteiger partial charge is 0.274 e. The molecule has 0 spiro atoms. The van der Waals surface area contributed by atoms with E-state index in [0.29, 0.717) is 29.2 Å². The summed E-state index contributed by atoms with van der Waals surface area (Å²) in [5, 5.41) is 0.233. The Labute approximate surface area is 154 Å². The Kier molecular flexibility index (Phi) is 4.32. The van der Waals surface area contributed by atoms with Crippen molar-refractivity contribution in [2.45, 2.75) is 32.2 Å². The first-order chi connectivity index (χ1) is 12.5. The van der Waals surface area contributed by atoms with Gasteiger partial charge in [-0.3, -0.25) is 4.79 Å². The van der Waals surface area contributed by atoms with E-state index in [1.807, 2.05) is 0 Å². The number of hydrogen-bond acceptors (Lipinski definition) is 4. The summed E-state index contributed by atoms with van der Waals surface area (Å²) in [6.45, 7) is 2.31. The van der Waals surface area contributed by atoms with Crippen molar-refractivity contribution in [3.05, 3.63) is 52.6 Å². The quantitative estimate of drug-likeness (QED) is 0.741. The minimum Gasteiger partial charge on any atom is -0.340 e. The zero-order valence-electron chi connectivity index (χ0n) is 14.2. The van der Waals surface area contributed by atoms with Crippen molar-refractivity contribution in [3.8, 4) is 0 Å². The summed E-state index contributed by atoms with van der Waals surface area (Å²) in [6.07, 6.45) is 4.10.